The number of anilines is 1. The lowest BCUT2D eigenvalue weighted by Gasteiger charge is -2.21. The highest BCUT2D eigenvalue weighted by molar-refractivity contribution is 5.46. The second kappa shape index (κ2) is 7.15. The Morgan fingerprint density at radius 1 is 1.39 bits per heavy atom. The fourth-order valence-corrected chi connectivity index (χ4v) is 2.10. The number of aliphatic hydroxyl groups is 1. The molecule has 1 aliphatic rings. The molecule has 18 heavy (non-hydrogen) atoms. The lowest BCUT2D eigenvalue weighted by Crippen LogP contribution is -2.13. The summed E-state index contributed by atoms with van der Waals surface area (Å²) >= 11 is 0. The molecule has 1 aromatic rings. The van der Waals surface area contributed by atoms with E-state index >= 15 is 0 Å². The number of halogens is 2. The zero-order valence-corrected chi connectivity index (χ0v) is 10.4. The van der Waals surface area contributed by atoms with E-state index in [4.69, 9.17) is 10.8 Å². The summed E-state index contributed by atoms with van der Waals surface area (Å²) in [7, 11) is 1.00. The van der Waals surface area contributed by atoms with Gasteiger partial charge in [0.15, 0.2) is 0 Å². The predicted molar refractivity (Wildman–Crippen MR) is 63.5 cm³/mol. The van der Waals surface area contributed by atoms with E-state index in [1.165, 1.54) is 6.42 Å². The number of aromatic nitrogens is 2. The van der Waals surface area contributed by atoms with E-state index in [-0.39, 0.29) is 17.6 Å². The van der Waals surface area contributed by atoms with Crippen LogP contribution in [0.4, 0.5) is 14.5 Å². The molecule has 5 nitrogen and oxygen atoms in total. The molecule has 0 bridgehead atoms. The zero-order chi connectivity index (χ0) is 13.5. The normalized spacial score (nSPS) is 16.3. The molecule has 1 fully saturated rings. The number of rotatable bonds is 3. The highest BCUT2D eigenvalue weighted by Crippen LogP contribution is 2.30. The molecule has 1 aromatic heterocycles. The number of hydrogen-bond acceptors (Lipinski definition) is 4. The Bertz CT molecular complexity index is 352. The summed E-state index contributed by atoms with van der Waals surface area (Å²) in [4.78, 5) is 0. The van der Waals surface area contributed by atoms with Gasteiger partial charge in [-0.05, 0) is 12.8 Å². The van der Waals surface area contributed by atoms with E-state index in [1.54, 1.807) is 10.9 Å². The van der Waals surface area contributed by atoms with Gasteiger partial charge in [0.1, 0.15) is 5.69 Å². The molecule has 1 heterocycles. The van der Waals surface area contributed by atoms with Crippen molar-refractivity contribution in [2.24, 2.45) is 0 Å². The van der Waals surface area contributed by atoms with E-state index in [0.717, 1.165) is 32.8 Å². The average molecular weight is 263 g/mol. The molecule has 1 aliphatic carbocycles. The summed E-state index contributed by atoms with van der Waals surface area (Å²) in [6.07, 6.45) is 7.15. The summed E-state index contributed by atoms with van der Waals surface area (Å²) < 4.78 is 29.9. The molecule has 2 rings (SSSR count). The monoisotopic (exact) mass is 263 g/mol. The molecular weight excluding hydrogens is 244 g/mol. The third kappa shape index (κ3) is 3.83. The molecular formula is C11H19F2N3O2. The first-order valence-electron chi connectivity index (χ1n) is 5.91. The Hall–Kier alpha value is -1.37. The summed E-state index contributed by atoms with van der Waals surface area (Å²) in [5.74, 6) is -0.166. The number of nitrogens with zero attached hydrogens (tertiary/aromatic N) is 2. The molecule has 0 saturated heterocycles. The predicted octanol–water partition coefficient (Wildman–Crippen LogP) is 2.18. The van der Waals surface area contributed by atoms with Crippen LogP contribution in [-0.2, 0) is 0 Å². The van der Waals surface area contributed by atoms with Gasteiger partial charge in [-0.25, -0.2) is 0 Å². The van der Waals surface area contributed by atoms with Crippen molar-refractivity contribution in [3.63, 3.8) is 0 Å². The maximum atomic E-state index is 12.0. The number of ether oxygens (including phenoxy) is 1. The van der Waals surface area contributed by atoms with Gasteiger partial charge >= 0.3 is 6.61 Å². The second-order valence-corrected chi connectivity index (χ2v) is 4.04. The van der Waals surface area contributed by atoms with Crippen molar-refractivity contribution in [3.8, 4) is 5.88 Å². The van der Waals surface area contributed by atoms with Crippen molar-refractivity contribution in [3.05, 3.63) is 6.20 Å². The standard InChI is InChI=1S/C10H15F2N3O.CH4O/c11-10(12)16-9-8(13)6-15(14-9)7-4-2-1-3-5-7;1-2/h6-7,10H,1-5,13H2;2H,1H3. The first-order chi connectivity index (χ1) is 8.66. The third-order valence-corrected chi connectivity index (χ3v) is 2.87. The largest absolute Gasteiger partial charge is 0.413 e. The fourth-order valence-electron chi connectivity index (χ4n) is 2.10. The van der Waals surface area contributed by atoms with Gasteiger partial charge in [-0.2, -0.15) is 8.78 Å². The number of alkyl halides is 2. The molecule has 0 amide bonds. The van der Waals surface area contributed by atoms with Crippen LogP contribution in [0.1, 0.15) is 38.1 Å². The van der Waals surface area contributed by atoms with Gasteiger partial charge in [0.25, 0.3) is 5.88 Å². The van der Waals surface area contributed by atoms with E-state index in [0.29, 0.717) is 0 Å². The first-order valence-corrected chi connectivity index (χ1v) is 5.91. The summed E-state index contributed by atoms with van der Waals surface area (Å²) in [5, 5.41) is 11.0. The van der Waals surface area contributed by atoms with Crippen LogP contribution < -0.4 is 10.5 Å². The van der Waals surface area contributed by atoms with Crippen LogP contribution in [0.15, 0.2) is 6.20 Å². The lowest BCUT2D eigenvalue weighted by molar-refractivity contribution is -0.0528. The van der Waals surface area contributed by atoms with Crippen LogP contribution in [-0.4, -0.2) is 28.6 Å². The molecule has 0 atom stereocenters. The quantitative estimate of drug-likeness (QED) is 0.876. The smallest absolute Gasteiger partial charge is 0.388 e. The SMILES string of the molecule is CO.Nc1cn(C2CCCCC2)nc1OC(F)F. The molecule has 0 spiro atoms. The van der Waals surface area contributed by atoms with Gasteiger partial charge in [-0.1, -0.05) is 19.3 Å². The molecule has 1 saturated carbocycles. The minimum Gasteiger partial charge on any atom is -0.413 e. The Morgan fingerprint density at radius 3 is 2.56 bits per heavy atom. The molecule has 7 heteroatoms. The Labute approximate surface area is 105 Å². The molecule has 3 N–H and O–H groups in total. The first kappa shape index (κ1) is 14.7. The summed E-state index contributed by atoms with van der Waals surface area (Å²) in [6, 6.07) is 0.270. The topological polar surface area (TPSA) is 73.3 Å². The van der Waals surface area contributed by atoms with Crippen molar-refractivity contribution in [2.45, 2.75) is 44.8 Å². The van der Waals surface area contributed by atoms with Crippen LogP contribution in [0.3, 0.4) is 0 Å². The highest BCUT2D eigenvalue weighted by Gasteiger charge is 2.19. The summed E-state index contributed by atoms with van der Waals surface area (Å²) in [5.41, 5.74) is 5.73. The Balaban J connectivity index is 0.000000771. The lowest BCUT2D eigenvalue weighted by atomic mass is 9.96. The van der Waals surface area contributed by atoms with Crippen LogP contribution in [0.25, 0.3) is 0 Å². The molecule has 0 unspecified atom stereocenters. The molecule has 0 aliphatic heterocycles. The number of hydrogen-bond donors (Lipinski definition) is 2. The maximum Gasteiger partial charge on any atom is 0.388 e. The summed E-state index contributed by atoms with van der Waals surface area (Å²) in [6.45, 7) is -2.88. The molecule has 0 radical (unpaired) electrons. The zero-order valence-electron chi connectivity index (χ0n) is 10.4. The van der Waals surface area contributed by atoms with E-state index in [1.807, 2.05) is 0 Å². The molecule has 104 valence electrons. The highest BCUT2D eigenvalue weighted by atomic mass is 19.3. The minimum atomic E-state index is -2.88. The number of nitrogens with two attached hydrogens (primary N) is 1. The maximum absolute atomic E-state index is 12.0. The van der Waals surface area contributed by atoms with Gasteiger partial charge < -0.3 is 15.6 Å². The van der Waals surface area contributed by atoms with Gasteiger partial charge in [-0.3, -0.25) is 4.68 Å². The van der Waals surface area contributed by atoms with Gasteiger partial charge in [0.05, 0.1) is 12.2 Å². The van der Waals surface area contributed by atoms with Crippen LogP contribution in [0.2, 0.25) is 0 Å². The van der Waals surface area contributed by atoms with Crippen molar-refractivity contribution >= 4 is 5.69 Å². The Kier molecular flexibility index (Phi) is 5.84. The van der Waals surface area contributed by atoms with E-state index < -0.39 is 6.61 Å². The molecule has 0 aromatic carbocycles. The van der Waals surface area contributed by atoms with Gasteiger partial charge in [-0.15, -0.1) is 5.10 Å². The third-order valence-electron chi connectivity index (χ3n) is 2.87. The van der Waals surface area contributed by atoms with E-state index in [9.17, 15) is 8.78 Å². The van der Waals surface area contributed by atoms with Crippen molar-refractivity contribution in [1.82, 2.24) is 9.78 Å². The number of aliphatic hydroxyl groups excluding tert-OH is 1. The van der Waals surface area contributed by atoms with Gasteiger partial charge in [0.2, 0.25) is 0 Å². The second-order valence-electron chi connectivity index (χ2n) is 4.04. The minimum absolute atomic E-state index is 0.166. The Morgan fingerprint density at radius 2 is 2.00 bits per heavy atom. The van der Waals surface area contributed by atoms with Crippen molar-refractivity contribution in [2.75, 3.05) is 12.8 Å². The van der Waals surface area contributed by atoms with Crippen LogP contribution >= 0.6 is 0 Å². The number of nitrogen functional groups attached to an aromatic ring is 1. The van der Waals surface area contributed by atoms with Crippen LogP contribution in [0, 0.1) is 0 Å². The van der Waals surface area contributed by atoms with Crippen LogP contribution in [0.5, 0.6) is 5.88 Å². The van der Waals surface area contributed by atoms with E-state index in [2.05, 4.69) is 9.84 Å². The average Bonchev–Trinajstić information content (AvgIpc) is 2.74. The van der Waals surface area contributed by atoms with Crippen molar-refractivity contribution in [1.29, 1.82) is 0 Å². The van der Waals surface area contributed by atoms with Crippen molar-refractivity contribution < 1.29 is 18.6 Å². The van der Waals surface area contributed by atoms with Gasteiger partial charge in [0, 0.05) is 7.11 Å². The fraction of sp³-hybridized carbons (Fsp3) is 0.727.